The minimum absolute atomic E-state index is 0.294. The Morgan fingerprint density at radius 2 is 1.93 bits per heavy atom. The summed E-state index contributed by atoms with van der Waals surface area (Å²) >= 11 is 0. The number of ether oxygens (including phenoxy) is 3. The average Bonchev–Trinajstić information content (AvgIpc) is 3.22. The van der Waals surface area contributed by atoms with Crippen LogP contribution in [0.15, 0.2) is 48.7 Å². The normalized spacial score (nSPS) is 16.5. The van der Waals surface area contributed by atoms with Crippen LogP contribution in [-0.2, 0) is 15.9 Å². The monoisotopic (exact) mass is 589 g/mol. The SMILES string of the molecule is COC(CN(C)c1nccc(Oc2ccc(NC(=O)c3cc(F)cc(N4CCCCC4)c3)c3c2CC(C)CC=C3)n1)OC. The fourth-order valence-corrected chi connectivity index (χ4v) is 5.57. The summed E-state index contributed by atoms with van der Waals surface area (Å²) in [4.78, 5) is 26.4. The fourth-order valence-electron chi connectivity index (χ4n) is 5.57. The van der Waals surface area contributed by atoms with Gasteiger partial charge in [-0.05, 0) is 68.4 Å². The minimum atomic E-state index is -0.422. The van der Waals surface area contributed by atoms with Crippen LogP contribution in [0.2, 0.25) is 0 Å². The van der Waals surface area contributed by atoms with Gasteiger partial charge in [0.25, 0.3) is 5.91 Å². The summed E-state index contributed by atoms with van der Waals surface area (Å²) in [6.07, 6.45) is 10.3. The van der Waals surface area contributed by atoms with Gasteiger partial charge in [0, 0.05) is 74.7 Å². The van der Waals surface area contributed by atoms with Crippen molar-refractivity contribution in [1.29, 1.82) is 0 Å². The van der Waals surface area contributed by atoms with E-state index in [1.54, 1.807) is 32.5 Å². The number of fused-ring (bicyclic) bond motifs is 1. The Morgan fingerprint density at radius 1 is 1.14 bits per heavy atom. The van der Waals surface area contributed by atoms with Gasteiger partial charge in [0.2, 0.25) is 11.8 Å². The van der Waals surface area contributed by atoms with Crippen LogP contribution in [0.1, 0.15) is 54.1 Å². The molecule has 0 spiro atoms. The third-order valence-corrected chi connectivity index (χ3v) is 7.93. The third kappa shape index (κ3) is 7.50. The zero-order chi connectivity index (χ0) is 30.3. The van der Waals surface area contributed by atoms with Gasteiger partial charge in [-0.25, -0.2) is 9.37 Å². The lowest BCUT2D eigenvalue weighted by Gasteiger charge is -2.29. The Kier molecular flexibility index (Phi) is 9.89. The van der Waals surface area contributed by atoms with E-state index >= 15 is 0 Å². The van der Waals surface area contributed by atoms with Gasteiger partial charge in [-0.3, -0.25) is 4.79 Å². The molecule has 1 N–H and O–H groups in total. The molecule has 9 nitrogen and oxygen atoms in total. The summed E-state index contributed by atoms with van der Waals surface area (Å²) in [6, 6.07) is 9.97. The van der Waals surface area contributed by atoms with Crippen LogP contribution in [0.25, 0.3) is 6.08 Å². The number of nitrogens with zero attached hydrogens (tertiary/aromatic N) is 4. The Hall–Kier alpha value is -4.02. The van der Waals surface area contributed by atoms with Crippen LogP contribution >= 0.6 is 0 Å². The maximum Gasteiger partial charge on any atom is 0.255 e. The molecular formula is C33H40FN5O4. The first-order valence-electron chi connectivity index (χ1n) is 14.8. The Morgan fingerprint density at radius 3 is 2.70 bits per heavy atom. The number of likely N-dealkylation sites (N-methyl/N-ethyl adjacent to an activating group) is 1. The molecule has 2 aliphatic rings. The van der Waals surface area contributed by atoms with Crippen molar-refractivity contribution in [3.05, 3.63) is 71.2 Å². The number of carbonyl (C=O) groups excluding carboxylic acids is 1. The highest BCUT2D eigenvalue weighted by Gasteiger charge is 2.22. The van der Waals surface area contributed by atoms with E-state index in [4.69, 9.17) is 14.2 Å². The van der Waals surface area contributed by atoms with E-state index in [9.17, 15) is 9.18 Å². The summed E-state index contributed by atoms with van der Waals surface area (Å²) < 4.78 is 31.6. The van der Waals surface area contributed by atoms with Gasteiger partial charge in [0.1, 0.15) is 11.6 Å². The lowest BCUT2D eigenvalue weighted by atomic mass is 9.96. The van der Waals surface area contributed by atoms with Gasteiger partial charge >= 0.3 is 0 Å². The Labute approximate surface area is 252 Å². The molecule has 228 valence electrons. The Balaban J connectivity index is 1.40. The molecule has 1 aliphatic carbocycles. The first-order valence-corrected chi connectivity index (χ1v) is 14.8. The van der Waals surface area contributed by atoms with Crippen LogP contribution in [0.4, 0.5) is 21.7 Å². The number of hydrogen-bond acceptors (Lipinski definition) is 8. The summed E-state index contributed by atoms with van der Waals surface area (Å²) in [6.45, 7) is 4.36. The molecule has 43 heavy (non-hydrogen) atoms. The molecule has 0 radical (unpaired) electrons. The maximum atomic E-state index is 14.6. The molecule has 0 bridgehead atoms. The smallest absolute Gasteiger partial charge is 0.255 e. The number of rotatable bonds is 10. The van der Waals surface area contributed by atoms with Crippen LogP contribution in [0.5, 0.6) is 11.6 Å². The van der Waals surface area contributed by atoms with E-state index < -0.39 is 12.1 Å². The number of benzene rings is 2. The molecule has 2 heterocycles. The van der Waals surface area contributed by atoms with Crippen molar-refractivity contribution in [2.24, 2.45) is 5.92 Å². The van der Waals surface area contributed by atoms with E-state index in [0.717, 1.165) is 55.6 Å². The van der Waals surface area contributed by atoms with Crippen LogP contribution in [0.3, 0.4) is 0 Å². The number of aromatic nitrogens is 2. The number of piperidine rings is 1. The average molecular weight is 590 g/mol. The second-order valence-electron chi connectivity index (χ2n) is 11.2. The van der Waals surface area contributed by atoms with Crippen LogP contribution in [0, 0.1) is 11.7 Å². The minimum Gasteiger partial charge on any atom is -0.439 e. The molecule has 1 fully saturated rings. The molecule has 1 atom stereocenters. The first-order chi connectivity index (χ1) is 20.8. The molecule has 5 rings (SSSR count). The van der Waals surface area contributed by atoms with E-state index in [1.165, 1.54) is 18.6 Å². The summed E-state index contributed by atoms with van der Waals surface area (Å²) in [5.41, 5.74) is 3.53. The number of hydrogen-bond donors (Lipinski definition) is 1. The van der Waals surface area contributed by atoms with Crippen molar-refractivity contribution < 1.29 is 23.4 Å². The van der Waals surface area contributed by atoms with Gasteiger partial charge in [0.05, 0.1) is 6.54 Å². The predicted molar refractivity (Wildman–Crippen MR) is 167 cm³/mol. The fraction of sp³-hybridized carbons (Fsp3) is 0.424. The number of allylic oxidation sites excluding steroid dienone is 1. The van der Waals surface area contributed by atoms with Gasteiger partial charge < -0.3 is 29.3 Å². The maximum absolute atomic E-state index is 14.6. The second kappa shape index (κ2) is 14.0. The summed E-state index contributed by atoms with van der Waals surface area (Å²) in [7, 11) is 5.02. The van der Waals surface area contributed by atoms with E-state index in [0.29, 0.717) is 41.3 Å². The highest BCUT2D eigenvalue weighted by atomic mass is 19.1. The van der Waals surface area contributed by atoms with Crippen molar-refractivity contribution in [1.82, 2.24) is 9.97 Å². The highest BCUT2D eigenvalue weighted by Crippen LogP contribution is 2.37. The molecule has 1 unspecified atom stereocenters. The molecule has 0 saturated carbocycles. The molecule has 1 saturated heterocycles. The number of methoxy groups -OCH3 is 2. The molecule has 10 heteroatoms. The number of carbonyl (C=O) groups is 1. The quantitative estimate of drug-likeness (QED) is 0.276. The number of anilines is 3. The molecule has 1 aromatic heterocycles. The van der Waals surface area contributed by atoms with Gasteiger partial charge in [-0.1, -0.05) is 19.1 Å². The van der Waals surface area contributed by atoms with Crippen molar-refractivity contribution in [3.63, 3.8) is 0 Å². The zero-order valence-electron chi connectivity index (χ0n) is 25.3. The van der Waals surface area contributed by atoms with Crippen molar-refractivity contribution in [2.45, 2.75) is 45.3 Å². The molecule has 2 aromatic carbocycles. The standard InChI is InChI=1S/C33H40FN5O4/c1-22-9-8-10-26-27(17-22)29(43-30-13-14-35-33(37-30)38(2)21-31(41-3)42-4)12-11-28(26)36-32(40)23-18-24(34)20-25(19-23)39-15-6-5-7-16-39/h8,10-14,18-20,22,31H,5-7,9,15-17,21H2,1-4H3,(H,36,40). The topological polar surface area (TPSA) is 89.1 Å². The first kappa shape index (κ1) is 30.4. The summed E-state index contributed by atoms with van der Waals surface area (Å²) in [5.74, 6) is 1.12. The lowest BCUT2D eigenvalue weighted by Crippen LogP contribution is -2.32. The summed E-state index contributed by atoms with van der Waals surface area (Å²) in [5, 5.41) is 3.04. The van der Waals surface area contributed by atoms with E-state index in [1.807, 2.05) is 30.2 Å². The molecule has 3 aromatic rings. The number of amides is 1. The third-order valence-electron chi connectivity index (χ3n) is 7.93. The van der Waals surface area contributed by atoms with Crippen LogP contribution in [-0.4, -0.2) is 63.1 Å². The number of nitrogens with one attached hydrogen (secondary N) is 1. The van der Waals surface area contributed by atoms with E-state index in [-0.39, 0.29) is 5.91 Å². The number of halogens is 1. The van der Waals surface area contributed by atoms with Crippen molar-refractivity contribution in [2.75, 3.05) is 56.0 Å². The lowest BCUT2D eigenvalue weighted by molar-refractivity contribution is -0.0945. The van der Waals surface area contributed by atoms with E-state index in [2.05, 4.69) is 33.2 Å². The predicted octanol–water partition coefficient (Wildman–Crippen LogP) is 6.30. The molecule has 1 aliphatic heterocycles. The van der Waals surface area contributed by atoms with Crippen molar-refractivity contribution >= 4 is 29.3 Å². The highest BCUT2D eigenvalue weighted by molar-refractivity contribution is 6.06. The Bertz CT molecular complexity index is 1460. The molecular weight excluding hydrogens is 549 g/mol. The molecule has 1 amide bonds. The largest absolute Gasteiger partial charge is 0.439 e. The van der Waals surface area contributed by atoms with Crippen LogP contribution < -0.4 is 19.9 Å². The second-order valence-corrected chi connectivity index (χ2v) is 11.2. The van der Waals surface area contributed by atoms with Gasteiger partial charge in [-0.15, -0.1) is 0 Å². The zero-order valence-corrected chi connectivity index (χ0v) is 25.3. The van der Waals surface area contributed by atoms with Crippen molar-refractivity contribution in [3.8, 4) is 11.6 Å². The van der Waals surface area contributed by atoms with Gasteiger partial charge in [-0.2, -0.15) is 4.98 Å². The van der Waals surface area contributed by atoms with Gasteiger partial charge in [0.15, 0.2) is 6.29 Å².